The van der Waals surface area contributed by atoms with Crippen LogP contribution in [0.5, 0.6) is 0 Å². The Hall–Kier alpha value is -2.37. The molecule has 2 aromatic rings. The lowest BCUT2D eigenvalue weighted by Gasteiger charge is -2.15. The van der Waals surface area contributed by atoms with Crippen molar-refractivity contribution in [3.05, 3.63) is 56.7 Å². The van der Waals surface area contributed by atoms with Crippen molar-refractivity contribution in [1.29, 1.82) is 0 Å². The van der Waals surface area contributed by atoms with E-state index in [1.165, 1.54) is 14.1 Å². The summed E-state index contributed by atoms with van der Waals surface area (Å²) in [5.41, 5.74) is 0.175. The molecule has 1 atom stereocenters. The van der Waals surface area contributed by atoms with Gasteiger partial charge in [0.15, 0.2) is 0 Å². The van der Waals surface area contributed by atoms with E-state index >= 15 is 0 Å². The van der Waals surface area contributed by atoms with Crippen LogP contribution in [0, 0.1) is 0 Å². The highest BCUT2D eigenvalue weighted by Crippen LogP contribution is 2.14. The number of hydrogen-bond acceptors (Lipinski definition) is 4. The van der Waals surface area contributed by atoms with E-state index in [2.05, 4.69) is 10.4 Å². The summed E-state index contributed by atoms with van der Waals surface area (Å²) in [5.74, 6) is 0.168. The molecule has 0 saturated heterocycles. The molecule has 0 radical (unpaired) electrons. The summed E-state index contributed by atoms with van der Waals surface area (Å²) in [7, 11) is 2.95. The van der Waals surface area contributed by atoms with E-state index in [1.54, 1.807) is 0 Å². The Morgan fingerprint density at radius 3 is 2.42 bits per heavy atom. The van der Waals surface area contributed by atoms with Crippen LogP contribution < -0.4 is 16.6 Å². The second kappa shape index (κ2) is 5.09. The number of aryl methyl sites for hydroxylation is 1. The molecule has 19 heavy (non-hydrogen) atoms. The van der Waals surface area contributed by atoms with E-state index in [4.69, 9.17) is 0 Å². The topological polar surface area (TPSA) is 68.9 Å². The van der Waals surface area contributed by atoms with Crippen LogP contribution in [-0.2, 0) is 14.1 Å². The van der Waals surface area contributed by atoms with Crippen LogP contribution in [0.2, 0.25) is 0 Å². The van der Waals surface area contributed by atoms with Gasteiger partial charge in [-0.15, -0.1) is 5.10 Å². The highest BCUT2D eigenvalue weighted by molar-refractivity contribution is 5.34. The van der Waals surface area contributed by atoms with Crippen LogP contribution in [0.3, 0.4) is 0 Å². The fraction of sp³-hybridized carbons (Fsp3) is 0.308. The standard InChI is InChI=1S/C13H16N4O2/c1-9(10-7-5-4-6-8-10)14-11-12(18)16(2)13(19)17(3)15-11/h4-9H,1-3H3,(H,14,15). The lowest BCUT2D eigenvalue weighted by atomic mass is 10.1. The van der Waals surface area contributed by atoms with Crippen molar-refractivity contribution in [2.24, 2.45) is 14.1 Å². The van der Waals surface area contributed by atoms with Crippen molar-refractivity contribution in [2.75, 3.05) is 5.32 Å². The summed E-state index contributed by atoms with van der Waals surface area (Å²) in [6.07, 6.45) is 0. The lowest BCUT2D eigenvalue weighted by Crippen LogP contribution is -2.40. The second-order valence-corrected chi connectivity index (χ2v) is 4.40. The summed E-state index contributed by atoms with van der Waals surface area (Å²) in [5, 5.41) is 6.99. The van der Waals surface area contributed by atoms with Crippen LogP contribution in [0.1, 0.15) is 18.5 Å². The highest BCUT2D eigenvalue weighted by Gasteiger charge is 2.12. The van der Waals surface area contributed by atoms with Gasteiger partial charge in [-0.1, -0.05) is 30.3 Å². The first kappa shape index (κ1) is 13.1. The van der Waals surface area contributed by atoms with Gasteiger partial charge in [0.25, 0.3) is 5.56 Å². The average Bonchev–Trinajstić information content (AvgIpc) is 2.43. The normalized spacial score (nSPS) is 12.2. The molecule has 1 aromatic carbocycles. The Morgan fingerprint density at radius 2 is 1.79 bits per heavy atom. The molecular weight excluding hydrogens is 244 g/mol. The van der Waals surface area contributed by atoms with Gasteiger partial charge in [-0.3, -0.25) is 9.36 Å². The van der Waals surface area contributed by atoms with Crippen molar-refractivity contribution in [3.8, 4) is 0 Å². The molecule has 1 unspecified atom stereocenters. The van der Waals surface area contributed by atoms with E-state index in [0.717, 1.165) is 14.8 Å². The monoisotopic (exact) mass is 260 g/mol. The highest BCUT2D eigenvalue weighted by atomic mass is 16.2. The van der Waals surface area contributed by atoms with E-state index in [9.17, 15) is 9.59 Å². The average molecular weight is 260 g/mol. The number of aromatic nitrogens is 3. The minimum absolute atomic E-state index is 0.0705. The zero-order valence-electron chi connectivity index (χ0n) is 11.1. The number of rotatable bonds is 3. The van der Waals surface area contributed by atoms with E-state index in [1.807, 2.05) is 37.3 Å². The Kier molecular flexibility index (Phi) is 3.50. The molecule has 2 rings (SSSR count). The number of benzene rings is 1. The number of anilines is 1. The van der Waals surface area contributed by atoms with Crippen molar-refractivity contribution in [1.82, 2.24) is 14.3 Å². The van der Waals surface area contributed by atoms with Crippen LogP contribution in [-0.4, -0.2) is 14.3 Å². The SMILES string of the molecule is CC(Nc1nn(C)c(=O)n(C)c1=O)c1ccccc1. The minimum atomic E-state index is -0.442. The third-order valence-corrected chi connectivity index (χ3v) is 2.97. The van der Waals surface area contributed by atoms with Gasteiger partial charge in [0.1, 0.15) is 0 Å². The second-order valence-electron chi connectivity index (χ2n) is 4.40. The Labute approximate surface area is 110 Å². The Bertz CT molecular complexity index is 688. The van der Waals surface area contributed by atoms with Gasteiger partial charge in [-0.25, -0.2) is 9.48 Å². The van der Waals surface area contributed by atoms with Crippen LogP contribution in [0.4, 0.5) is 5.82 Å². The molecule has 0 saturated carbocycles. The molecule has 0 fully saturated rings. The van der Waals surface area contributed by atoms with Crippen LogP contribution in [0.25, 0.3) is 0 Å². The summed E-state index contributed by atoms with van der Waals surface area (Å²) in [6.45, 7) is 1.93. The van der Waals surface area contributed by atoms with Gasteiger partial charge >= 0.3 is 5.69 Å². The summed E-state index contributed by atoms with van der Waals surface area (Å²) < 4.78 is 2.18. The zero-order chi connectivity index (χ0) is 14.0. The fourth-order valence-corrected chi connectivity index (χ4v) is 1.82. The molecule has 6 nitrogen and oxygen atoms in total. The zero-order valence-corrected chi connectivity index (χ0v) is 11.1. The van der Waals surface area contributed by atoms with Crippen molar-refractivity contribution in [3.63, 3.8) is 0 Å². The molecule has 0 amide bonds. The smallest absolute Gasteiger partial charge is 0.346 e. The molecule has 0 aliphatic heterocycles. The van der Waals surface area contributed by atoms with Crippen LogP contribution >= 0.6 is 0 Å². The van der Waals surface area contributed by atoms with E-state index in [0.29, 0.717) is 0 Å². The Balaban J connectivity index is 2.35. The van der Waals surface area contributed by atoms with Gasteiger partial charge in [0.2, 0.25) is 5.82 Å². The maximum absolute atomic E-state index is 11.9. The van der Waals surface area contributed by atoms with E-state index < -0.39 is 11.2 Å². The first-order chi connectivity index (χ1) is 9.00. The Morgan fingerprint density at radius 1 is 1.16 bits per heavy atom. The van der Waals surface area contributed by atoms with Crippen LogP contribution in [0.15, 0.2) is 39.9 Å². The largest absolute Gasteiger partial charge is 0.358 e. The third kappa shape index (κ3) is 2.57. The first-order valence-corrected chi connectivity index (χ1v) is 5.96. The van der Waals surface area contributed by atoms with Gasteiger partial charge in [0.05, 0.1) is 6.04 Å². The number of nitrogens with zero attached hydrogens (tertiary/aromatic N) is 3. The van der Waals surface area contributed by atoms with Crippen molar-refractivity contribution >= 4 is 5.82 Å². The molecule has 100 valence electrons. The maximum atomic E-state index is 11.9. The molecule has 6 heteroatoms. The number of hydrogen-bond donors (Lipinski definition) is 1. The molecule has 0 bridgehead atoms. The fourth-order valence-electron chi connectivity index (χ4n) is 1.82. The van der Waals surface area contributed by atoms with Crippen molar-refractivity contribution in [2.45, 2.75) is 13.0 Å². The molecule has 0 aliphatic rings. The van der Waals surface area contributed by atoms with Gasteiger partial charge in [-0.2, -0.15) is 0 Å². The van der Waals surface area contributed by atoms with Crippen molar-refractivity contribution < 1.29 is 0 Å². The summed E-state index contributed by atoms with van der Waals surface area (Å²) in [4.78, 5) is 23.5. The molecule has 0 aliphatic carbocycles. The summed E-state index contributed by atoms with van der Waals surface area (Å²) in [6, 6.07) is 9.65. The van der Waals surface area contributed by atoms with Gasteiger partial charge in [-0.05, 0) is 12.5 Å². The number of nitrogens with one attached hydrogen (secondary N) is 1. The van der Waals surface area contributed by atoms with E-state index in [-0.39, 0.29) is 11.9 Å². The third-order valence-electron chi connectivity index (χ3n) is 2.97. The molecule has 0 spiro atoms. The molecular formula is C13H16N4O2. The predicted molar refractivity (Wildman–Crippen MR) is 73.2 cm³/mol. The quantitative estimate of drug-likeness (QED) is 0.880. The minimum Gasteiger partial charge on any atom is -0.358 e. The maximum Gasteiger partial charge on any atom is 0.346 e. The predicted octanol–water partition coefficient (Wildman–Crippen LogP) is 0.652. The molecule has 1 aromatic heterocycles. The van der Waals surface area contributed by atoms with Gasteiger partial charge in [0, 0.05) is 14.1 Å². The lowest BCUT2D eigenvalue weighted by molar-refractivity contribution is 0.601. The summed E-state index contributed by atoms with van der Waals surface area (Å²) >= 11 is 0. The molecule has 1 N–H and O–H groups in total. The molecule has 1 heterocycles. The van der Waals surface area contributed by atoms with Gasteiger partial charge < -0.3 is 5.32 Å². The first-order valence-electron chi connectivity index (χ1n) is 5.96.